The maximum Gasteiger partial charge on any atom is 0.171 e. The fraction of sp³-hybridized carbons (Fsp3) is 0.867. The van der Waals surface area contributed by atoms with Gasteiger partial charge in [0.05, 0.1) is 16.9 Å². The van der Waals surface area contributed by atoms with E-state index in [1.165, 1.54) is 38.5 Å². The van der Waals surface area contributed by atoms with Gasteiger partial charge in [-0.25, -0.2) is 0 Å². The van der Waals surface area contributed by atoms with Gasteiger partial charge in [-0.2, -0.15) is 0 Å². The molecule has 2 bridgehead atoms. The molecule has 0 unspecified atom stereocenters. The second kappa shape index (κ2) is 5.70. The summed E-state index contributed by atoms with van der Waals surface area (Å²) in [5.41, 5.74) is 2.79. The van der Waals surface area contributed by atoms with Crippen molar-refractivity contribution in [1.82, 2.24) is 0 Å². The fourth-order valence-corrected chi connectivity index (χ4v) is 8.94. The van der Waals surface area contributed by atoms with Gasteiger partial charge in [0.2, 0.25) is 0 Å². The summed E-state index contributed by atoms with van der Waals surface area (Å²) in [4.78, 5) is 0. The number of hydrogen-bond acceptors (Lipinski definition) is 0. The van der Waals surface area contributed by atoms with E-state index in [0.29, 0.717) is 0 Å². The molecule has 2 rings (SSSR count). The van der Waals surface area contributed by atoms with E-state index < -0.39 is 8.07 Å². The van der Waals surface area contributed by atoms with E-state index in [4.69, 9.17) is 0 Å². The van der Waals surface area contributed by atoms with Gasteiger partial charge < -0.3 is 0 Å². The lowest BCUT2D eigenvalue weighted by atomic mass is 9.27. The number of hydrogen-bond donors (Lipinski definition) is 0. The second-order valence-corrected chi connectivity index (χ2v) is 15.5. The molecule has 18 heavy (non-hydrogen) atoms. The molecule has 1 radical (unpaired) electrons. The number of rotatable bonds is 3. The Morgan fingerprint density at radius 1 is 1.00 bits per heavy atom. The summed E-state index contributed by atoms with van der Waals surface area (Å²) < 4.78 is 0. The first-order valence-electron chi connectivity index (χ1n) is 7.92. The first kappa shape index (κ1) is 14.6. The van der Waals surface area contributed by atoms with Gasteiger partial charge in [-0.1, -0.05) is 82.9 Å². The van der Waals surface area contributed by atoms with Crippen molar-refractivity contribution in [3.05, 3.63) is 10.8 Å². The molecular weight excluding hydrogens is 247 g/mol. The zero-order chi connectivity index (χ0) is 13.3. The lowest BCUT2D eigenvalue weighted by Crippen LogP contribution is -2.41. The zero-order valence-electron chi connectivity index (χ0n) is 13.1. The molecule has 0 N–H and O–H groups in total. The highest BCUT2D eigenvalue weighted by Crippen LogP contribution is 2.49. The molecule has 2 aliphatic rings. The van der Waals surface area contributed by atoms with Crippen molar-refractivity contribution in [3.8, 4) is 0 Å². The molecule has 0 aromatic heterocycles. The highest BCUT2D eigenvalue weighted by molar-refractivity contribution is 6.93. The van der Waals surface area contributed by atoms with E-state index in [0.717, 1.165) is 18.3 Å². The van der Waals surface area contributed by atoms with E-state index in [-0.39, 0.29) is 8.80 Å². The van der Waals surface area contributed by atoms with E-state index in [2.05, 4.69) is 38.4 Å². The highest BCUT2D eigenvalue weighted by Gasteiger charge is 2.42. The van der Waals surface area contributed by atoms with Gasteiger partial charge in [0.25, 0.3) is 0 Å². The lowest BCUT2D eigenvalue weighted by Gasteiger charge is -2.43. The van der Waals surface area contributed by atoms with Crippen molar-refractivity contribution in [2.45, 2.75) is 82.9 Å². The Morgan fingerprint density at radius 3 is 1.78 bits per heavy atom. The average molecular weight is 277 g/mol. The summed E-state index contributed by atoms with van der Waals surface area (Å²) in [7, 11) is -1.30. The first-order chi connectivity index (χ1) is 8.38. The summed E-state index contributed by atoms with van der Waals surface area (Å²) in [6.07, 6.45) is 9.14. The van der Waals surface area contributed by atoms with Gasteiger partial charge >= 0.3 is 0 Å². The van der Waals surface area contributed by atoms with Gasteiger partial charge in [0.15, 0.2) is 6.71 Å². The monoisotopic (exact) mass is 277 g/mol. The number of fused-ring (bicyclic) bond motifs is 2. The fourth-order valence-electron chi connectivity index (χ4n) is 4.22. The Balaban J connectivity index is 2.27. The summed E-state index contributed by atoms with van der Waals surface area (Å²) in [6, 6.07) is 0. The van der Waals surface area contributed by atoms with Crippen LogP contribution in [-0.2, 0) is 0 Å². The van der Waals surface area contributed by atoms with Gasteiger partial charge in [-0.05, 0) is 0 Å². The van der Waals surface area contributed by atoms with Crippen molar-refractivity contribution < 1.29 is 0 Å². The topological polar surface area (TPSA) is 0 Å². The van der Waals surface area contributed by atoms with E-state index in [1.807, 2.05) is 5.10 Å². The molecule has 0 spiro atoms. The highest BCUT2D eigenvalue weighted by atomic mass is 28.3. The molecule has 0 aromatic rings. The van der Waals surface area contributed by atoms with Crippen molar-refractivity contribution in [1.29, 1.82) is 0 Å². The van der Waals surface area contributed by atoms with E-state index >= 15 is 0 Å². The van der Waals surface area contributed by atoms with Crippen LogP contribution in [0.4, 0.5) is 0 Å². The quantitative estimate of drug-likeness (QED) is 0.620. The normalized spacial score (nSPS) is 29.9. The minimum Gasteiger partial charge on any atom is -0.119 e. The molecule has 0 atom stereocenters. The Labute approximate surface area is 117 Å². The maximum absolute atomic E-state index is 2.79. The van der Waals surface area contributed by atoms with E-state index in [9.17, 15) is 0 Å². The van der Waals surface area contributed by atoms with Gasteiger partial charge in [0, 0.05) is 0 Å². The van der Waals surface area contributed by atoms with Crippen LogP contribution >= 0.6 is 0 Å². The smallest absolute Gasteiger partial charge is 0.119 e. The lowest BCUT2D eigenvalue weighted by molar-refractivity contribution is 0.447. The van der Waals surface area contributed by atoms with Crippen molar-refractivity contribution in [2.24, 2.45) is 0 Å². The molecule has 3 heteroatoms. The van der Waals surface area contributed by atoms with Crippen molar-refractivity contribution in [2.75, 3.05) is 0 Å². The summed E-state index contributed by atoms with van der Waals surface area (Å²) in [6.45, 7) is 13.6. The van der Waals surface area contributed by atoms with Crippen LogP contribution in [0.5, 0.6) is 0 Å². The third kappa shape index (κ3) is 3.41. The molecule has 0 saturated carbocycles. The Bertz CT molecular complexity index is 295. The third-order valence-corrected chi connectivity index (χ3v) is 7.94. The molecular formula is C15H30BSi2. The summed E-state index contributed by atoms with van der Waals surface area (Å²) in [5, 5.41) is 1.95. The molecule has 0 nitrogen and oxygen atoms in total. The summed E-state index contributed by atoms with van der Waals surface area (Å²) in [5.74, 6) is 2.11. The minimum absolute atomic E-state index is 0.250. The minimum atomic E-state index is -1.05. The summed E-state index contributed by atoms with van der Waals surface area (Å²) >= 11 is 0. The molecule has 2 aliphatic heterocycles. The SMILES string of the molecule is C[Si](C)/C(=C\[Si](C)(C)C)B1C2CCCC1CCC2. The Hall–Kier alpha value is 0.239. The Kier molecular flexibility index (Phi) is 4.64. The van der Waals surface area contributed by atoms with Crippen molar-refractivity contribution >= 4 is 23.6 Å². The molecule has 2 heterocycles. The molecule has 0 aromatic carbocycles. The van der Waals surface area contributed by atoms with E-state index in [1.54, 1.807) is 0 Å². The molecule has 2 fully saturated rings. The predicted molar refractivity (Wildman–Crippen MR) is 89.9 cm³/mol. The van der Waals surface area contributed by atoms with Crippen molar-refractivity contribution in [3.63, 3.8) is 0 Å². The van der Waals surface area contributed by atoms with Crippen LogP contribution in [0.2, 0.25) is 44.4 Å². The molecule has 0 amide bonds. The largest absolute Gasteiger partial charge is 0.171 e. The van der Waals surface area contributed by atoms with Gasteiger partial charge in [-0.15, -0.1) is 10.8 Å². The Morgan fingerprint density at radius 2 is 1.44 bits per heavy atom. The van der Waals surface area contributed by atoms with Gasteiger partial charge in [0.1, 0.15) is 0 Å². The molecule has 101 valence electrons. The van der Waals surface area contributed by atoms with Crippen LogP contribution in [0.1, 0.15) is 38.5 Å². The first-order valence-corrected chi connectivity index (χ1v) is 14.0. The van der Waals surface area contributed by atoms with Gasteiger partial charge in [-0.3, -0.25) is 0 Å². The predicted octanol–water partition coefficient (Wildman–Crippen LogP) is 5.23. The molecule has 2 saturated heterocycles. The second-order valence-electron chi connectivity index (χ2n) is 7.87. The van der Waals surface area contributed by atoms with Crippen LogP contribution in [0, 0.1) is 0 Å². The van der Waals surface area contributed by atoms with Crippen LogP contribution < -0.4 is 0 Å². The van der Waals surface area contributed by atoms with Crippen LogP contribution in [0.3, 0.4) is 0 Å². The van der Waals surface area contributed by atoms with Crippen LogP contribution in [0.15, 0.2) is 10.8 Å². The van der Waals surface area contributed by atoms with Crippen LogP contribution in [-0.4, -0.2) is 23.6 Å². The zero-order valence-corrected chi connectivity index (χ0v) is 15.1. The van der Waals surface area contributed by atoms with Crippen LogP contribution in [0.25, 0.3) is 0 Å². The molecule has 0 aliphatic carbocycles. The standard InChI is InChI=1S/C15H30BSi2/c1-17(2)15(12-18(3,4)5)16-13-8-6-9-14(16)11-7-10-13/h12-14H,6-11H2,1-5H3/b15-12-. The third-order valence-electron chi connectivity index (χ3n) is 4.84. The average Bonchev–Trinajstić information content (AvgIpc) is 2.23. The maximum atomic E-state index is 2.79.